The number of nitriles is 1. The van der Waals surface area contributed by atoms with Crippen LogP contribution in [0.2, 0.25) is 0 Å². The molecule has 0 aliphatic carbocycles. The fourth-order valence-corrected chi connectivity index (χ4v) is 1.82. The number of nitrogens with zero attached hydrogens (tertiary/aromatic N) is 4. The number of carboxylic acids is 1. The highest BCUT2D eigenvalue weighted by Gasteiger charge is 2.17. The number of hydrogen-bond donors (Lipinski definition) is 1. The zero-order chi connectivity index (χ0) is 14.0. The summed E-state index contributed by atoms with van der Waals surface area (Å²) in [5.41, 5.74) is 1.89. The average Bonchev–Trinajstić information content (AvgIpc) is 2.82. The molecule has 0 unspecified atom stereocenters. The number of rotatable bonds is 3. The van der Waals surface area contributed by atoms with Gasteiger partial charge in [0.25, 0.3) is 0 Å². The summed E-state index contributed by atoms with van der Waals surface area (Å²) in [6.45, 7) is 3.89. The van der Waals surface area contributed by atoms with Crippen molar-refractivity contribution in [2.24, 2.45) is 0 Å². The first-order valence-corrected chi connectivity index (χ1v) is 5.74. The second kappa shape index (κ2) is 4.90. The van der Waals surface area contributed by atoms with Gasteiger partial charge in [0.05, 0.1) is 16.9 Å². The minimum Gasteiger partial charge on any atom is -0.478 e. The average molecular weight is 256 g/mol. The molecule has 0 aliphatic rings. The Balaban J connectivity index is 2.50. The Hall–Kier alpha value is -2.68. The monoisotopic (exact) mass is 256 g/mol. The van der Waals surface area contributed by atoms with Gasteiger partial charge in [0.15, 0.2) is 5.69 Å². The third kappa shape index (κ3) is 2.31. The molecule has 1 aromatic carbocycles. The number of aromatic nitrogens is 3. The van der Waals surface area contributed by atoms with Gasteiger partial charge in [0.2, 0.25) is 0 Å². The summed E-state index contributed by atoms with van der Waals surface area (Å²) in [7, 11) is 0. The zero-order valence-corrected chi connectivity index (χ0v) is 10.5. The summed E-state index contributed by atoms with van der Waals surface area (Å²) in [4.78, 5) is 10.8. The van der Waals surface area contributed by atoms with Crippen molar-refractivity contribution in [2.75, 3.05) is 0 Å². The van der Waals surface area contributed by atoms with Gasteiger partial charge in [0, 0.05) is 0 Å². The van der Waals surface area contributed by atoms with Gasteiger partial charge in [0.1, 0.15) is 6.07 Å². The summed E-state index contributed by atoms with van der Waals surface area (Å²) in [6, 6.07) is 8.29. The molecular formula is C13H12N4O2. The molecule has 0 aliphatic heterocycles. The summed E-state index contributed by atoms with van der Waals surface area (Å²) < 4.78 is 1.56. The number of aromatic carboxylic acids is 1. The molecule has 0 bridgehead atoms. The van der Waals surface area contributed by atoms with E-state index in [-0.39, 0.29) is 17.2 Å². The maximum absolute atomic E-state index is 10.8. The van der Waals surface area contributed by atoms with Crippen molar-refractivity contribution < 1.29 is 9.90 Å². The number of benzene rings is 1. The summed E-state index contributed by atoms with van der Waals surface area (Å²) in [5.74, 6) is -0.893. The molecule has 0 fully saturated rings. The number of hydrogen-bond acceptors (Lipinski definition) is 4. The summed E-state index contributed by atoms with van der Waals surface area (Å²) in [6.07, 6.45) is 0. The fraction of sp³-hybridized carbons (Fsp3) is 0.231. The van der Waals surface area contributed by atoms with Crippen molar-refractivity contribution in [1.82, 2.24) is 15.0 Å². The van der Waals surface area contributed by atoms with Gasteiger partial charge in [-0.05, 0) is 30.2 Å². The molecule has 6 heteroatoms. The van der Waals surface area contributed by atoms with Gasteiger partial charge in [-0.3, -0.25) is 0 Å². The molecule has 19 heavy (non-hydrogen) atoms. The molecule has 1 N–H and O–H groups in total. The van der Waals surface area contributed by atoms with Gasteiger partial charge in [-0.1, -0.05) is 19.1 Å². The van der Waals surface area contributed by atoms with Crippen LogP contribution in [0.4, 0.5) is 0 Å². The van der Waals surface area contributed by atoms with Crippen LogP contribution in [0.25, 0.3) is 5.69 Å². The van der Waals surface area contributed by atoms with Crippen molar-refractivity contribution in [3.8, 4) is 11.8 Å². The van der Waals surface area contributed by atoms with Crippen LogP contribution in [0.5, 0.6) is 0 Å². The minimum atomic E-state index is -0.980. The lowest BCUT2D eigenvalue weighted by molar-refractivity contribution is 0.0697. The molecular weight excluding hydrogens is 244 g/mol. The molecule has 0 radical (unpaired) electrons. The SMILES string of the molecule is CC(C)c1c(C#N)nnn1-c1ccc(C(=O)O)cc1. The second-order valence-corrected chi connectivity index (χ2v) is 4.35. The Morgan fingerprint density at radius 1 is 1.37 bits per heavy atom. The topological polar surface area (TPSA) is 91.8 Å². The van der Waals surface area contributed by atoms with Gasteiger partial charge in [-0.25, -0.2) is 9.48 Å². The highest BCUT2D eigenvalue weighted by atomic mass is 16.4. The molecule has 0 spiro atoms. The molecule has 1 aromatic heterocycles. The first-order chi connectivity index (χ1) is 9.04. The van der Waals surface area contributed by atoms with E-state index in [1.807, 2.05) is 19.9 Å². The second-order valence-electron chi connectivity index (χ2n) is 4.35. The normalized spacial score (nSPS) is 10.4. The zero-order valence-electron chi connectivity index (χ0n) is 10.5. The van der Waals surface area contributed by atoms with Crippen LogP contribution in [0.1, 0.15) is 41.5 Å². The van der Waals surface area contributed by atoms with Crippen molar-refractivity contribution >= 4 is 5.97 Å². The van der Waals surface area contributed by atoms with Crippen LogP contribution in [-0.2, 0) is 0 Å². The molecule has 0 saturated heterocycles. The van der Waals surface area contributed by atoms with E-state index in [1.165, 1.54) is 12.1 Å². The first kappa shape index (κ1) is 12.8. The molecule has 0 amide bonds. The Kier molecular flexibility index (Phi) is 3.29. The van der Waals surface area contributed by atoms with Crippen LogP contribution < -0.4 is 0 Å². The van der Waals surface area contributed by atoms with Crippen LogP contribution in [0.3, 0.4) is 0 Å². The van der Waals surface area contributed by atoms with Crippen LogP contribution in [-0.4, -0.2) is 26.1 Å². The van der Waals surface area contributed by atoms with E-state index in [0.717, 1.165) is 0 Å². The lowest BCUT2D eigenvalue weighted by atomic mass is 10.1. The number of carbonyl (C=O) groups is 1. The Morgan fingerprint density at radius 2 is 2.00 bits per heavy atom. The first-order valence-electron chi connectivity index (χ1n) is 5.74. The fourth-order valence-electron chi connectivity index (χ4n) is 1.82. The molecule has 1 heterocycles. The Labute approximate surface area is 109 Å². The van der Waals surface area contributed by atoms with E-state index in [4.69, 9.17) is 10.4 Å². The van der Waals surface area contributed by atoms with Crippen LogP contribution >= 0.6 is 0 Å². The predicted molar refractivity (Wildman–Crippen MR) is 67.1 cm³/mol. The third-order valence-corrected chi connectivity index (χ3v) is 2.72. The standard InChI is InChI=1S/C13H12N4O2/c1-8(2)12-11(7-14)15-16-17(12)10-5-3-9(4-6-10)13(18)19/h3-6,8H,1-2H3,(H,18,19). The maximum atomic E-state index is 10.8. The Bertz CT molecular complexity index is 650. The highest BCUT2D eigenvalue weighted by Crippen LogP contribution is 2.21. The lowest BCUT2D eigenvalue weighted by Crippen LogP contribution is -2.05. The van der Waals surface area contributed by atoms with Crippen molar-refractivity contribution in [1.29, 1.82) is 5.26 Å². The van der Waals surface area contributed by atoms with Crippen LogP contribution in [0.15, 0.2) is 24.3 Å². The lowest BCUT2D eigenvalue weighted by Gasteiger charge is -2.09. The van der Waals surface area contributed by atoms with E-state index < -0.39 is 5.97 Å². The van der Waals surface area contributed by atoms with E-state index >= 15 is 0 Å². The Morgan fingerprint density at radius 3 is 2.47 bits per heavy atom. The maximum Gasteiger partial charge on any atom is 0.335 e. The quantitative estimate of drug-likeness (QED) is 0.906. The minimum absolute atomic E-state index is 0.0869. The van der Waals surface area contributed by atoms with Gasteiger partial charge in [-0.15, -0.1) is 5.10 Å². The third-order valence-electron chi connectivity index (χ3n) is 2.72. The van der Waals surface area contributed by atoms with Crippen LogP contribution in [0, 0.1) is 11.3 Å². The van der Waals surface area contributed by atoms with E-state index in [9.17, 15) is 4.79 Å². The van der Waals surface area contributed by atoms with Crippen molar-refractivity contribution in [3.63, 3.8) is 0 Å². The largest absolute Gasteiger partial charge is 0.478 e. The van der Waals surface area contributed by atoms with Gasteiger partial charge in [-0.2, -0.15) is 5.26 Å². The predicted octanol–water partition coefficient (Wildman–Crippen LogP) is 1.96. The smallest absolute Gasteiger partial charge is 0.335 e. The molecule has 6 nitrogen and oxygen atoms in total. The van der Waals surface area contributed by atoms with Gasteiger partial charge >= 0.3 is 5.97 Å². The summed E-state index contributed by atoms with van der Waals surface area (Å²) >= 11 is 0. The number of carboxylic acid groups (broad SMARTS) is 1. The summed E-state index contributed by atoms with van der Waals surface area (Å²) in [5, 5.41) is 25.6. The molecule has 0 saturated carbocycles. The van der Waals surface area contributed by atoms with Crippen molar-refractivity contribution in [3.05, 3.63) is 41.2 Å². The molecule has 0 atom stereocenters. The molecule has 96 valence electrons. The molecule has 2 aromatic rings. The van der Waals surface area contributed by atoms with E-state index in [2.05, 4.69) is 10.3 Å². The van der Waals surface area contributed by atoms with E-state index in [1.54, 1.807) is 16.8 Å². The highest BCUT2D eigenvalue weighted by molar-refractivity contribution is 5.87. The van der Waals surface area contributed by atoms with Crippen molar-refractivity contribution in [2.45, 2.75) is 19.8 Å². The van der Waals surface area contributed by atoms with E-state index in [0.29, 0.717) is 11.4 Å². The molecule has 2 rings (SSSR count). The van der Waals surface area contributed by atoms with Gasteiger partial charge < -0.3 is 5.11 Å².